The topological polar surface area (TPSA) is 30.5 Å². The van der Waals surface area contributed by atoms with Gasteiger partial charge >= 0.3 is 0 Å². The number of benzene rings is 1. The Kier molecular flexibility index (Phi) is 6.30. The smallest absolute Gasteiger partial charge is 0.122 e. The average Bonchev–Trinajstić information content (AvgIpc) is 2.35. The zero-order valence-electron chi connectivity index (χ0n) is 12.4. The molecule has 0 heterocycles. The van der Waals surface area contributed by atoms with Crippen LogP contribution >= 0.6 is 15.9 Å². The molecule has 19 heavy (non-hydrogen) atoms. The fraction of sp³-hybridized carbons (Fsp3) is 0.600. The third-order valence-corrected chi connectivity index (χ3v) is 3.86. The first-order valence-electron chi connectivity index (χ1n) is 6.58. The lowest BCUT2D eigenvalue weighted by Gasteiger charge is -2.34. The highest BCUT2D eigenvalue weighted by Gasteiger charge is 2.29. The number of halogens is 1. The Morgan fingerprint density at radius 3 is 2.58 bits per heavy atom. The van der Waals surface area contributed by atoms with Gasteiger partial charge in [-0.05, 0) is 58.0 Å². The highest BCUT2D eigenvalue weighted by atomic mass is 79.9. The highest BCUT2D eigenvalue weighted by molar-refractivity contribution is 9.10. The molecule has 1 unspecified atom stereocenters. The van der Waals surface area contributed by atoms with Crippen LogP contribution in [-0.2, 0) is 11.2 Å². The summed E-state index contributed by atoms with van der Waals surface area (Å²) in [6.07, 6.45) is 0.853. The molecule has 0 aromatic heterocycles. The van der Waals surface area contributed by atoms with Crippen LogP contribution in [0.3, 0.4) is 0 Å². The van der Waals surface area contributed by atoms with Crippen molar-refractivity contribution in [1.29, 1.82) is 0 Å². The van der Waals surface area contributed by atoms with Crippen LogP contribution in [-0.4, -0.2) is 32.4 Å². The Balaban J connectivity index is 2.95. The van der Waals surface area contributed by atoms with Crippen molar-refractivity contribution >= 4 is 15.9 Å². The average molecular weight is 330 g/mol. The molecule has 1 aromatic rings. The molecule has 0 aliphatic carbocycles. The van der Waals surface area contributed by atoms with Gasteiger partial charge in [-0.3, -0.25) is 0 Å². The van der Waals surface area contributed by atoms with E-state index in [0.29, 0.717) is 6.61 Å². The van der Waals surface area contributed by atoms with Gasteiger partial charge in [0.1, 0.15) is 5.75 Å². The minimum absolute atomic E-state index is 0.218. The Hall–Kier alpha value is -0.580. The van der Waals surface area contributed by atoms with Crippen LogP contribution in [0.2, 0.25) is 0 Å². The molecule has 108 valence electrons. The molecule has 1 aromatic carbocycles. The number of methoxy groups -OCH3 is 1. The third kappa shape index (κ3) is 4.48. The Labute approximate surface area is 124 Å². The molecule has 0 saturated heterocycles. The zero-order valence-corrected chi connectivity index (χ0v) is 14.0. The van der Waals surface area contributed by atoms with Gasteiger partial charge in [-0.1, -0.05) is 15.9 Å². The van der Waals surface area contributed by atoms with Gasteiger partial charge in [0.05, 0.1) is 12.7 Å². The molecule has 3 nitrogen and oxygen atoms in total. The maximum Gasteiger partial charge on any atom is 0.122 e. The van der Waals surface area contributed by atoms with Gasteiger partial charge in [-0.15, -0.1) is 0 Å². The second kappa shape index (κ2) is 7.27. The molecular formula is C15H24BrNO2. The van der Waals surface area contributed by atoms with Crippen molar-refractivity contribution in [2.75, 3.05) is 20.8 Å². The summed E-state index contributed by atoms with van der Waals surface area (Å²) in [5, 5.41) is 3.35. The fourth-order valence-electron chi connectivity index (χ4n) is 2.29. The predicted molar refractivity (Wildman–Crippen MR) is 83.0 cm³/mol. The fourth-order valence-corrected chi connectivity index (χ4v) is 2.70. The van der Waals surface area contributed by atoms with Gasteiger partial charge in [0.15, 0.2) is 0 Å². The van der Waals surface area contributed by atoms with E-state index in [1.54, 1.807) is 7.11 Å². The van der Waals surface area contributed by atoms with E-state index < -0.39 is 0 Å². The van der Waals surface area contributed by atoms with Crippen molar-refractivity contribution in [2.24, 2.45) is 0 Å². The van der Waals surface area contributed by atoms with E-state index in [1.165, 1.54) is 5.56 Å². The van der Waals surface area contributed by atoms with Gasteiger partial charge in [0, 0.05) is 17.1 Å². The van der Waals surface area contributed by atoms with Gasteiger partial charge < -0.3 is 14.8 Å². The molecule has 0 fully saturated rings. The molecule has 1 atom stereocenters. The predicted octanol–water partition coefficient (Wildman–Crippen LogP) is 3.40. The minimum Gasteiger partial charge on any atom is -0.496 e. The summed E-state index contributed by atoms with van der Waals surface area (Å²) < 4.78 is 12.3. The van der Waals surface area contributed by atoms with Crippen molar-refractivity contribution in [3.63, 3.8) is 0 Å². The van der Waals surface area contributed by atoms with Crippen molar-refractivity contribution in [1.82, 2.24) is 5.32 Å². The summed E-state index contributed by atoms with van der Waals surface area (Å²) in [7, 11) is 3.67. The van der Waals surface area contributed by atoms with Crippen molar-refractivity contribution in [2.45, 2.75) is 38.8 Å². The van der Waals surface area contributed by atoms with Crippen LogP contribution in [0.5, 0.6) is 5.75 Å². The molecule has 0 spiro atoms. The number of hydrogen-bond donors (Lipinski definition) is 1. The number of nitrogens with one attached hydrogen (secondary N) is 1. The maximum absolute atomic E-state index is 5.84. The molecule has 1 N–H and O–H groups in total. The van der Waals surface area contributed by atoms with Crippen molar-refractivity contribution in [3.8, 4) is 5.75 Å². The lowest BCUT2D eigenvalue weighted by Crippen LogP contribution is -2.48. The first kappa shape index (κ1) is 16.5. The van der Waals surface area contributed by atoms with Gasteiger partial charge in [-0.25, -0.2) is 0 Å². The van der Waals surface area contributed by atoms with Crippen LogP contribution in [0.1, 0.15) is 26.3 Å². The highest BCUT2D eigenvalue weighted by Crippen LogP contribution is 2.27. The van der Waals surface area contributed by atoms with E-state index >= 15 is 0 Å². The van der Waals surface area contributed by atoms with Crippen LogP contribution in [0, 0.1) is 0 Å². The molecule has 0 radical (unpaired) electrons. The van der Waals surface area contributed by atoms with Crippen molar-refractivity contribution < 1.29 is 9.47 Å². The van der Waals surface area contributed by atoms with E-state index in [2.05, 4.69) is 41.2 Å². The Morgan fingerprint density at radius 2 is 2.05 bits per heavy atom. The number of likely N-dealkylation sites (N-methyl/N-ethyl adjacent to an activating group) is 1. The lowest BCUT2D eigenvalue weighted by molar-refractivity contribution is -0.0364. The normalized spacial score (nSPS) is 13.4. The molecule has 4 heteroatoms. The van der Waals surface area contributed by atoms with E-state index in [-0.39, 0.29) is 11.6 Å². The maximum atomic E-state index is 5.84. The summed E-state index contributed by atoms with van der Waals surface area (Å²) in [4.78, 5) is 0. The van der Waals surface area contributed by atoms with Crippen LogP contribution in [0.15, 0.2) is 22.7 Å². The van der Waals surface area contributed by atoms with E-state index in [1.807, 2.05) is 26.1 Å². The molecule has 0 saturated carbocycles. The number of rotatable bonds is 7. The zero-order chi connectivity index (χ0) is 14.5. The molecule has 0 amide bonds. The largest absolute Gasteiger partial charge is 0.496 e. The van der Waals surface area contributed by atoms with Crippen molar-refractivity contribution in [3.05, 3.63) is 28.2 Å². The molecule has 0 bridgehead atoms. The number of hydrogen-bond acceptors (Lipinski definition) is 3. The van der Waals surface area contributed by atoms with Gasteiger partial charge in [0.2, 0.25) is 0 Å². The molecule has 0 aliphatic rings. The summed E-state index contributed by atoms with van der Waals surface area (Å²) in [6.45, 7) is 6.96. The van der Waals surface area contributed by atoms with Crippen LogP contribution in [0.4, 0.5) is 0 Å². The monoisotopic (exact) mass is 329 g/mol. The van der Waals surface area contributed by atoms with E-state index in [4.69, 9.17) is 9.47 Å². The molecule has 0 aliphatic heterocycles. The molecular weight excluding hydrogens is 306 g/mol. The summed E-state index contributed by atoms with van der Waals surface area (Å²) >= 11 is 3.51. The lowest BCUT2D eigenvalue weighted by atomic mass is 9.92. The first-order valence-corrected chi connectivity index (χ1v) is 7.37. The van der Waals surface area contributed by atoms with Gasteiger partial charge in [0.25, 0.3) is 0 Å². The summed E-state index contributed by atoms with van der Waals surface area (Å²) in [5.41, 5.74) is 0.945. The van der Waals surface area contributed by atoms with Crippen LogP contribution in [0.25, 0.3) is 0 Å². The SMILES string of the molecule is CCOC(C)(C)C(Cc1cc(Br)ccc1OC)NC. The minimum atomic E-state index is -0.225. The molecule has 1 rings (SSSR count). The summed E-state index contributed by atoms with van der Waals surface area (Å²) in [6, 6.07) is 6.30. The van der Waals surface area contributed by atoms with Gasteiger partial charge in [-0.2, -0.15) is 0 Å². The third-order valence-electron chi connectivity index (χ3n) is 3.37. The first-order chi connectivity index (χ1) is 8.94. The quantitative estimate of drug-likeness (QED) is 0.831. The summed E-state index contributed by atoms with van der Waals surface area (Å²) in [5.74, 6) is 0.913. The second-order valence-corrected chi connectivity index (χ2v) is 5.95. The number of ether oxygens (including phenoxy) is 2. The van der Waals surface area contributed by atoms with Crippen LogP contribution < -0.4 is 10.1 Å². The Morgan fingerprint density at radius 1 is 1.37 bits per heavy atom. The van der Waals surface area contributed by atoms with E-state index in [9.17, 15) is 0 Å². The standard InChI is InChI=1S/C15H24BrNO2/c1-6-19-15(2,3)14(17-4)10-11-9-12(16)7-8-13(11)18-5/h7-9,14,17H,6,10H2,1-5H3. The Bertz CT molecular complexity index is 407. The second-order valence-electron chi connectivity index (χ2n) is 5.04. The van der Waals surface area contributed by atoms with E-state index in [0.717, 1.165) is 16.6 Å².